The molecule has 17 heavy (non-hydrogen) atoms. The van der Waals surface area contributed by atoms with Crippen LogP contribution in [0.4, 0.5) is 17.3 Å². The van der Waals surface area contributed by atoms with Gasteiger partial charge in [0.05, 0.1) is 11.9 Å². The third-order valence-electron chi connectivity index (χ3n) is 2.46. The minimum absolute atomic E-state index is 0.728. The second-order valence-electron chi connectivity index (χ2n) is 3.87. The Balaban J connectivity index is 2.35. The SMILES string of the molecule is CNc1nc(C)nc(Nc2cnn(C)c2)c1C. The summed E-state index contributed by atoms with van der Waals surface area (Å²) in [6.45, 7) is 3.85. The Bertz CT molecular complexity index is 531. The molecule has 0 saturated carbocycles. The van der Waals surface area contributed by atoms with Crippen LogP contribution in [0.1, 0.15) is 11.4 Å². The first-order valence-electron chi connectivity index (χ1n) is 5.39. The van der Waals surface area contributed by atoms with E-state index in [2.05, 4.69) is 25.7 Å². The summed E-state index contributed by atoms with van der Waals surface area (Å²) in [7, 11) is 3.73. The van der Waals surface area contributed by atoms with Gasteiger partial charge < -0.3 is 10.6 Å². The van der Waals surface area contributed by atoms with Crippen molar-refractivity contribution in [2.75, 3.05) is 17.7 Å². The highest BCUT2D eigenvalue weighted by atomic mass is 15.3. The van der Waals surface area contributed by atoms with Crippen LogP contribution in [0.25, 0.3) is 0 Å². The molecule has 0 aliphatic heterocycles. The van der Waals surface area contributed by atoms with Crippen LogP contribution in [0.5, 0.6) is 0 Å². The van der Waals surface area contributed by atoms with Crippen LogP contribution in [0.2, 0.25) is 0 Å². The molecule has 2 aromatic rings. The van der Waals surface area contributed by atoms with Crippen molar-refractivity contribution in [1.29, 1.82) is 0 Å². The summed E-state index contributed by atoms with van der Waals surface area (Å²) in [6, 6.07) is 0. The minimum atomic E-state index is 0.728. The first kappa shape index (κ1) is 11.4. The van der Waals surface area contributed by atoms with Crippen LogP contribution in [-0.2, 0) is 7.05 Å². The largest absolute Gasteiger partial charge is 0.373 e. The zero-order valence-electron chi connectivity index (χ0n) is 10.4. The highest BCUT2D eigenvalue weighted by Gasteiger charge is 2.08. The fraction of sp³-hybridized carbons (Fsp3) is 0.364. The Labute approximate surface area is 100 Å². The summed E-state index contributed by atoms with van der Waals surface area (Å²) < 4.78 is 1.74. The quantitative estimate of drug-likeness (QED) is 0.841. The van der Waals surface area contributed by atoms with Gasteiger partial charge in [-0.1, -0.05) is 0 Å². The highest BCUT2D eigenvalue weighted by molar-refractivity contribution is 5.63. The smallest absolute Gasteiger partial charge is 0.139 e. The summed E-state index contributed by atoms with van der Waals surface area (Å²) in [6.07, 6.45) is 3.66. The second-order valence-corrected chi connectivity index (χ2v) is 3.87. The predicted octanol–water partition coefficient (Wildman–Crippen LogP) is 1.61. The van der Waals surface area contributed by atoms with Gasteiger partial charge in [-0.15, -0.1) is 0 Å². The van der Waals surface area contributed by atoms with Crippen LogP contribution in [0, 0.1) is 13.8 Å². The van der Waals surface area contributed by atoms with E-state index < -0.39 is 0 Å². The summed E-state index contributed by atoms with van der Waals surface area (Å²) in [5.41, 5.74) is 1.90. The molecule has 0 fully saturated rings. The van der Waals surface area contributed by atoms with Gasteiger partial charge in [0.25, 0.3) is 0 Å². The van der Waals surface area contributed by atoms with E-state index in [1.54, 1.807) is 10.9 Å². The zero-order valence-corrected chi connectivity index (χ0v) is 10.4. The fourth-order valence-electron chi connectivity index (χ4n) is 1.62. The van der Waals surface area contributed by atoms with Crippen LogP contribution >= 0.6 is 0 Å². The van der Waals surface area contributed by atoms with Crippen molar-refractivity contribution in [3.8, 4) is 0 Å². The van der Waals surface area contributed by atoms with E-state index in [0.29, 0.717) is 0 Å². The predicted molar refractivity (Wildman–Crippen MR) is 67.5 cm³/mol. The lowest BCUT2D eigenvalue weighted by molar-refractivity contribution is 0.768. The van der Waals surface area contributed by atoms with Crippen LogP contribution < -0.4 is 10.6 Å². The maximum absolute atomic E-state index is 4.39. The Kier molecular flexibility index (Phi) is 2.95. The molecule has 2 rings (SSSR count). The van der Waals surface area contributed by atoms with E-state index in [9.17, 15) is 0 Å². The number of hydrogen-bond acceptors (Lipinski definition) is 5. The van der Waals surface area contributed by atoms with Crippen molar-refractivity contribution in [2.24, 2.45) is 7.05 Å². The number of hydrogen-bond donors (Lipinski definition) is 2. The van der Waals surface area contributed by atoms with Gasteiger partial charge in [0.2, 0.25) is 0 Å². The van der Waals surface area contributed by atoms with E-state index in [0.717, 1.165) is 28.7 Å². The topological polar surface area (TPSA) is 67.7 Å². The normalized spacial score (nSPS) is 10.4. The van der Waals surface area contributed by atoms with Gasteiger partial charge in [-0.2, -0.15) is 5.10 Å². The summed E-state index contributed by atoms with van der Waals surface area (Å²) >= 11 is 0. The summed E-state index contributed by atoms with van der Waals surface area (Å²) in [5.74, 6) is 2.37. The summed E-state index contributed by atoms with van der Waals surface area (Å²) in [4.78, 5) is 8.70. The molecule has 0 saturated heterocycles. The number of aryl methyl sites for hydroxylation is 2. The lowest BCUT2D eigenvalue weighted by atomic mass is 10.3. The minimum Gasteiger partial charge on any atom is -0.373 e. The maximum Gasteiger partial charge on any atom is 0.139 e. The van der Waals surface area contributed by atoms with Crippen molar-refractivity contribution >= 4 is 17.3 Å². The van der Waals surface area contributed by atoms with Gasteiger partial charge in [0, 0.05) is 25.9 Å². The molecule has 0 aliphatic carbocycles. The number of nitrogens with one attached hydrogen (secondary N) is 2. The third-order valence-corrected chi connectivity index (χ3v) is 2.46. The zero-order chi connectivity index (χ0) is 12.4. The van der Waals surface area contributed by atoms with Crippen molar-refractivity contribution in [3.63, 3.8) is 0 Å². The van der Waals surface area contributed by atoms with Crippen molar-refractivity contribution < 1.29 is 0 Å². The monoisotopic (exact) mass is 232 g/mol. The molecule has 0 spiro atoms. The van der Waals surface area contributed by atoms with Crippen LogP contribution in [0.3, 0.4) is 0 Å². The highest BCUT2D eigenvalue weighted by Crippen LogP contribution is 2.22. The molecule has 0 atom stereocenters. The number of aromatic nitrogens is 4. The van der Waals surface area contributed by atoms with Crippen LogP contribution in [0.15, 0.2) is 12.4 Å². The molecule has 2 heterocycles. The van der Waals surface area contributed by atoms with E-state index in [-0.39, 0.29) is 0 Å². The van der Waals surface area contributed by atoms with E-state index >= 15 is 0 Å². The van der Waals surface area contributed by atoms with Gasteiger partial charge in [0.1, 0.15) is 17.5 Å². The Morgan fingerprint density at radius 2 is 1.88 bits per heavy atom. The summed E-state index contributed by atoms with van der Waals surface area (Å²) in [5, 5.41) is 10.4. The number of rotatable bonds is 3. The molecule has 0 unspecified atom stereocenters. The first-order chi connectivity index (χ1) is 8.10. The molecule has 0 aliphatic rings. The van der Waals surface area contributed by atoms with E-state index in [4.69, 9.17) is 0 Å². The Hall–Kier alpha value is -2.11. The van der Waals surface area contributed by atoms with Crippen molar-refractivity contribution in [1.82, 2.24) is 19.7 Å². The average molecular weight is 232 g/mol. The van der Waals surface area contributed by atoms with Crippen LogP contribution in [-0.4, -0.2) is 26.8 Å². The molecule has 6 nitrogen and oxygen atoms in total. The maximum atomic E-state index is 4.39. The van der Waals surface area contributed by atoms with Crippen molar-refractivity contribution in [2.45, 2.75) is 13.8 Å². The standard InChI is InChI=1S/C11H16N6/c1-7-10(12-3)14-8(2)15-11(7)16-9-5-13-17(4)6-9/h5-6H,1-4H3,(H2,12,14,15,16). The van der Waals surface area contributed by atoms with Crippen molar-refractivity contribution in [3.05, 3.63) is 23.8 Å². The molecule has 2 aromatic heterocycles. The molecule has 0 bridgehead atoms. The van der Waals surface area contributed by atoms with Gasteiger partial charge >= 0.3 is 0 Å². The van der Waals surface area contributed by atoms with Gasteiger partial charge in [-0.25, -0.2) is 9.97 Å². The molecule has 6 heteroatoms. The lowest BCUT2D eigenvalue weighted by Gasteiger charge is -2.11. The number of nitrogens with zero attached hydrogens (tertiary/aromatic N) is 4. The fourth-order valence-corrected chi connectivity index (χ4v) is 1.62. The third kappa shape index (κ3) is 2.35. The molecule has 2 N–H and O–H groups in total. The Morgan fingerprint density at radius 3 is 2.47 bits per heavy atom. The molecule has 0 aromatic carbocycles. The van der Waals surface area contributed by atoms with Gasteiger partial charge in [-0.3, -0.25) is 4.68 Å². The number of anilines is 3. The molecule has 0 radical (unpaired) electrons. The second kappa shape index (κ2) is 4.40. The lowest BCUT2D eigenvalue weighted by Crippen LogP contribution is -2.04. The molecular weight excluding hydrogens is 216 g/mol. The van der Waals surface area contributed by atoms with E-state index in [1.807, 2.05) is 34.1 Å². The molecule has 0 amide bonds. The van der Waals surface area contributed by atoms with Gasteiger partial charge in [0.15, 0.2) is 0 Å². The Morgan fingerprint density at radius 1 is 1.18 bits per heavy atom. The van der Waals surface area contributed by atoms with E-state index in [1.165, 1.54) is 0 Å². The molecular formula is C11H16N6. The molecule has 90 valence electrons. The average Bonchev–Trinajstić information content (AvgIpc) is 2.69. The first-order valence-corrected chi connectivity index (χ1v) is 5.39. The van der Waals surface area contributed by atoms with Gasteiger partial charge in [-0.05, 0) is 13.8 Å².